The monoisotopic (exact) mass is 528 g/mol. The lowest BCUT2D eigenvalue weighted by Gasteiger charge is -2.55. The Labute approximate surface area is 230 Å². The standard InChI is InChI=1S/C33H36O6/c1-32(2)12-11-25-27(36-3)10-7-24(30(25)39-32)26(34)8-5-20-6-9-28(37-4)29(16-20)38-31(35)33-17-21-13-22(18-33)15-23(14-21)19-33/h5-12,16,21-23H,13-15,17-19H2,1-4H3/b8-5+. The number of carbonyl (C=O) groups excluding carboxylic acids is 2. The van der Waals surface area contributed by atoms with E-state index < -0.39 is 5.60 Å². The van der Waals surface area contributed by atoms with Crippen LogP contribution < -0.4 is 18.9 Å². The van der Waals surface area contributed by atoms with Gasteiger partial charge in [-0.25, -0.2) is 0 Å². The lowest BCUT2D eigenvalue weighted by molar-refractivity contribution is -0.161. The highest BCUT2D eigenvalue weighted by atomic mass is 16.6. The fourth-order valence-electron chi connectivity index (χ4n) is 7.51. The van der Waals surface area contributed by atoms with Crippen LogP contribution in [0.5, 0.6) is 23.0 Å². The number of fused-ring (bicyclic) bond motifs is 1. The highest BCUT2D eigenvalue weighted by Gasteiger charge is 2.55. The van der Waals surface area contributed by atoms with Crippen molar-refractivity contribution in [2.75, 3.05) is 14.2 Å². The molecule has 6 heteroatoms. The van der Waals surface area contributed by atoms with E-state index in [1.807, 2.05) is 32.1 Å². The van der Waals surface area contributed by atoms with Crippen LogP contribution in [-0.4, -0.2) is 31.6 Å². The van der Waals surface area contributed by atoms with Crippen LogP contribution >= 0.6 is 0 Å². The Bertz CT molecular complexity index is 1350. The zero-order chi connectivity index (χ0) is 27.4. The first-order valence-electron chi connectivity index (χ1n) is 13.9. The molecular weight excluding hydrogens is 492 g/mol. The third kappa shape index (κ3) is 4.75. The van der Waals surface area contributed by atoms with Crippen molar-refractivity contribution in [1.29, 1.82) is 0 Å². The van der Waals surface area contributed by atoms with Gasteiger partial charge in [-0.2, -0.15) is 0 Å². The molecule has 5 aliphatic rings. The maximum Gasteiger partial charge on any atom is 0.317 e. The van der Waals surface area contributed by atoms with Crippen molar-refractivity contribution in [2.45, 2.75) is 58.0 Å². The Morgan fingerprint density at radius 3 is 2.18 bits per heavy atom. The predicted molar refractivity (Wildman–Crippen MR) is 149 cm³/mol. The number of rotatable bonds is 7. The molecule has 2 aromatic carbocycles. The molecule has 0 aromatic heterocycles. The van der Waals surface area contributed by atoms with Gasteiger partial charge >= 0.3 is 5.97 Å². The van der Waals surface area contributed by atoms with Crippen molar-refractivity contribution in [3.8, 4) is 23.0 Å². The van der Waals surface area contributed by atoms with Gasteiger partial charge in [-0.3, -0.25) is 9.59 Å². The molecule has 0 N–H and O–H groups in total. The third-order valence-corrected chi connectivity index (χ3v) is 8.95. The molecule has 4 saturated carbocycles. The number of ether oxygens (including phenoxy) is 4. The first kappa shape index (κ1) is 25.7. The first-order chi connectivity index (χ1) is 18.7. The number of carbonyl (C=O) groups is 2. The highest BCUT2D eigenvalue weighted by molar-refractivity contribution is 6.09. The zero-order valence-electron chi connectivity index (χ0n) is 23.1. The summed E-state index contributed by atoms with van der Waals surface area (Å²) in [5.41, 5.74) is 1.04. The fraction of sp³-hybridized carbons (Fsp3) is 0.455. The minimum absolute atomic E-state index is 0.130. The van der Waals surface area contributed by atoms with Gasteiger partial charge in [0.2, 0.25) is 0 Å². The summed E-state index contributed by atoms with van der Waals surface area (Å²) in [7, 11) is 3.17. The van der Waals surface area contributed by atoms with Gasteiger partial charge in [0.25, 0.3) is 0 Å². The van der Waals surface area contributed by atoms with Crippen molar-refractivity contribution >= 4 is 23.9 Å². The molecule has 6 nitrogen and oxygen atoms in total. The molecule has 0 spiro atoms. The maximum atomic E-state index is 13.6. The van der Waals surface area contributed by atoms with Gasteiger partial charge in [0.1, 0.15) is 17.1 Å². The molecule has 0 unspecified atom stereocenters. The average Bonchev–Trinajstić information content (AvgIpc) is 2.90. The second kappa shape index (κ2) is 9.58. The summed E-state index contributed by atoms with van der Waals surface area (Å²) >= 11 is 0. The molecule has 4 bridgehead atoms. The highest BCUT2D eigenvalue weighted by Crippen LogP contribution is 2.60. The van der Waals surface area contributed by atoms with Crippen LogP contribution in [0.3, 0.4) is 0 Å². The lowest BCUT2D eigenvalue weighted by Crippen LogP contribution is -2.51. The van der Waals surface area contributed by atoms with Crippen LogP contribution in [0.1, 0.15) is 73.9 Å². The van der Waals surface area contributed by atoms with Crippen LogP contribution in [-0.2, 0) is 4.79 Å². The Morgan fingerprint density at radius 1 is 0.897 bits per heavy atom. The van der Waals surface area contributed by atoms with E-state index >= 15 is 0 Å². The normalized spacial score (nSPS) is 27.6. The molecule has 39 heavy (non-hydrogen) atoms. The molecule has 1 aliphatic heterocycles. The minimum Gasteiger partial charge on any atom is -0.496 e. The van der Waals surface area contributed by atoms with Crippen LogP contribution in [0.15, 0.2) is 42.5 Å². The maximum absolute atomic E-state index is 13.6. The molecule has 204 valence electrons. The van der Waals surface area contributed by atoms with Gasteiger partial charge in [0.15, 0.2) is 17.3 Å². The van der Waals surface area contributed by atoms with Crippen LogP contribution in [0.4, 0.5) is 0 Å². The number of benzene rings is 2. The SMILES string of the molecule is COc1ccc(/C=C/C(=O)c2ccc(OC)c3c2OC(C)(C)C=C3)cc1OC(=O)C12CC3CC(CC(C3)C1)C2. The van der Waals surface area contributed by atoms with E-state index in [2.05, 4.69) is 0 Å². The second-order valence-corrected chi connectivity index (χ2v) is 12.3. The van der Waals surface area contributed by atoms with Gasteiger partial charge in [-0.05, 0) is 118 Å². The molecule has 7 rings (SSSR count). The molecular formula is C33H36O6. The molecule has 2 aromatic rings. The van der Waals surface area contributed by atoms with E-state index in [9.17, 15) is 9.59 Å². The molecule has 0 saturated heterocycles. The minimum atomic E-state index is -0.538. The second-order valence-electron chi connectivity index (χ2n) is 12.3. The van der Waals surface area contributed by atoms with Gasteiger partial charge in [-0.15, -0.1) is 0 Å². The molecule has 0 radical (unpaired) electrons. The summed E-state index contributed by atoms with van der Waals surface area (Å²) < 4.78 is 23.2. The molecule has 1 heterocycles. The van der Waals surface area contributed by atoms with Crippen molar-refractivity contribution in [3.63, 3.8) is 0 Å². The summed E-state index contributed by atoms with van der Waals surface area (Å²) in [6.45, 7) is 3.89. The topological polar surface area (TPSA) is 71.1 Å². The number of hydrogen-bond donors (Lipinski definition) is 0. The van der Waals surface area contributed by atoms with E-state index in [0.29, 0.717) is 46.3 Å². The summed E-state index contributed by atoms with van der Waals surface area (Å²) in [5, 5.41) is 0. The number of allylic oxidation sites excluding steroid dienone is 1. The number of methoxy groups -OCH3 is 2. The van der Waals surface area contributed by atoms with E-state index in [4.69, 9.17) is 18.9 Å². The number of ketones is 1. The summed E-state index contributed by atoms with van der Waals surface area (Å²) in [4.78, 5) is 26.9. The van der Waals surface area contributed by atoms with E-state index in [1.54, 1.807) is 44.6 Å². The summed E-state index contributed by atoms with van der Waals surface area (Å²) in [6, 6.07) is 8.90. The molecule has 0 amide bonds. The number of esters is 1. The lowest BCUT2D eigenvalue weighted by atomic mass is 9.49. The van der Waals surface area contributed by atoms with Crippen LogP contribution in [0.2, 0.25) is 0 Å². The van der Waals surface area contributed by atoms with Crippen molar-refractivity contribution < 1.29 is 28.5 Å². The van der Waals surface area contributed by atoms with Gasteiger partial charge in [0, 0.05) is 0 Å². The molecule has 0 atom stereocenters. The van der Waals surface area contributed by atoms with Crippen molar-refractivity contribution in [2.24, 2.45) is 23.2 Å². The van der Waals surface area contributed by atoms with Crippen LogP contribution in [0.25, 0.3) is 12.2 Å². The predicted octanol–water partition coefficient (Wildman–Crippen LogP) is 6.91. The fourth-order valence-corrected chi connectivity index (χ4v) is 7.51. The zero-order valence-corrected chi connectivity index (χ0v) is 23.1. The largest absolute Gasteiger partial charge is 0.496 e. The Hall–Kier alpha value is -3.54. The quantitative estimate of drug-likeness (QED) is 0.168. The Morgan fingerprint density at radius 2 is 1.54 bits per heavy atom. The van der Waals surface area contributed by atoms with Gasteiger partial charge < -0.3 is 18.9 Å². The molecule has 4 aliphatic carbocycles. The first-order valence-corrected chi connectivity index (χ1v) is 13.9. The molecule has 4 fully saturated rings. The van der Waals surface area contributed by atoms with E-state index in [1.165, 1.54) is 25.3 Å². The van der Waals surface area contributed by atoms with E-state index in [0.717, 1.165) is 30.4 Å². The van der Waals surface area contributed by atoms with Crippen molar-refractivity contribution in [3.05, 3.63) is 59.2 Å². The number of hydrogen-bond acceptors (Lipinski definition) is 6. The Kier molecular flexibility index (Phi) is 6.32. The Balaban J connectivity index is 1.23. The van der Waals surface area contributed by atoms with Gasteiger partial charge in [0.05, 0.1) is 30.8 Å². The van der Waals surface area contributed by atoms with E-state index in [-0.39, 0.29) is 17.2 Å². The third-order valence-electron chi connectivity index (χ3n) is 8.95. The summed E-state index contributed by atoms with van der Waals surface area (Å²) in [6.07, 6.45) is 13.7. The van der Waals surface area contributed by atoms with Gasteiger partial charge in [-0.1, -0.05) is 12.1 Å². The summed E-state index contributed by atoms with van der Waals surface area (Å²) in [5.74, 6) is 3.69. The average molecular weight is 529 g/mol. The van der Waals surface area contributed by atoms with Crippen LogP contribution in [0, 0.1) is 23.2 Å². The van der Waals surface area contributed by atoms with Crippen molar-refractivity contribution in [1.82, 2.24) is 0 Å². The smallest absolute Gasteiger partial charge is 0.317 e.